The van der Waals surface area contributed by atoms with Crippen molar-refractivity contribution in [2.45, 2.75) is 31.7 Å². The van der Waals surface area contributed by atoms with Gasteiger partial charge in [-0.2, -0.15) is 0 Å². The van der Waals surface area contributed by atoms with Crippen LogP contribution in [0.2, 0.25) is 0 Å². The highest BCUT2D eigenvalue weighted by molar-refractivity contribution is 9.13. The number of carbonyl (C=O) groups excluding carboxylic acids is 1. The highest BCUT2D eigenvalue weighted by atomic mass is 79.9. The second kappa shape index (κ2) is 6.46. The second-order valence-electron chi connectivity index (χ2n) is 5.52. The van der Waals surface area contributed by atoms with E-state index < -0.39 is 0 Å². The van der Waals surface area contributed by atoms with E-state index in [-0.39, 0.29) is 5.91 Å². The highest BCUT2D eigenvalue weighted by Gasteiger charge is 2.32. The van der Waals surface area contributed by atoms with E-state index in [1.54, 1.807) is 0 Å². The molecule has 6 heteroatoms. The van der Waals surface area contributed by atoms with Gasteiger partial charge in [-0.25, -0.2) is 0 Å². The van der Waals surface area contributed by atoms with Crippen LogP contribution in [0.15, 0.2) is 14.3 Å². The van der Waals surface area contributed by atoms with Crippen molar-refractivity contribution in [3.8, 4) is 0 Å². The van der Waals surface area contributed by atoms with Gasteiger partial charge in [0, 0.05) is 23.6 Å². The quantitative estimate of drug-likeness (QED) is 0.721. The molecule has 2 aliphatic heterocycles. The number of carbonyl (C=O) groups is 1. The summed E-state index contributed by atoms with van der Waals surface area (Å²) in [6.07, 6.45) is 5.12. The van der Waals surface area contributed by atoms with Crippen molar-refractivity contribution >= 4 is 49.1 Å². The van der Waals surface area contributed by atoms with E-state index in [1.165, 1.54) is 43.7 Å². The van der Waals surface area contributed by atoms with Gasteiger partial charge in [0.2, 0.25) is 0 Å². The van der Waals surface area contributed by atoms with Gasteiger partial charge in [0.05, 0.1) is 8.66 Å². The molecule has 3 nitrogen and oxygen atoms in total. The summed E-state index contributed by atoms with van der Waals surface area (Å²) in [4.78, 5) is 17.9. The van der Waals surface area contributed by atoms with E-state index in [0.717, 1.165) is 32.6 Å². The third kappa shape index (κ3) is 3.13. The van der Waals surface area contributed by atoms with Gasteiger partial charge in [0.25, 0.3) is 5.91 Å². The Morgan fingerprint density at radius 3 is 2.60 bits per heavy atom. The Labute approximate surface area is 140 Å². The third-order valence-electron chi connectivity index (χ3n) is 4.21. The first-order valence-electron chi connectivity index (χ1n) is 7.13. The van der Waals surface area contributed by atoms with Crippen molar-refractivity contribution < 1.29 is 4.79 Å². The first-order chi connectivity index (χ1) is 9.65. The summed E-state index contributed by atoms with van der Waals surface area (Å²) < 4.78 is 1.96. The summed E-state index contributed by atoms with van der Waals surface area (Å²) in [7, 11) is 0. The van der Waals surface area contributed by atoms with Crippen molar-refractivity contribution in [1.29, 1.82) is 0 Å². The van der Waals surface area contributed by atoms with Gasteiger partial charge in [-0.05, 0) is 70.3 Å². The molecule has 1 aromatic heterocycles. The van der Waals surface area contributed by atoms with Crippen LogP contribution in [-0.4, -0.2) is 47.9 Å². The van der Waals surface area contributed by atoms with E-state index >= 15 is 0 Å². The molecule has 3 rings (SSSR count). The maximum absolute atomic E-state index is 12.5. The van der Waals surface area contributed by atoms with Gasteiger partial charge in [-0.3, -0.25) is 9.69 Å². The van der Waals surface area contributed by atoms with Crippen molar-refractivity contribution in [2.75, 3.05) is 26.2 Å². The number of piperidine rings is 1. The largest absolute Gasteiger partial charge is 0.336 e. The Bertz CT molecular complexity index is 480. The molecule has 0 bridgehead atoms. The number of hydrogen-bond acceptors (Lipinski definition) is 3. The molecule has 1 aromatic rings. The summed E-state index contributed by atoms with van der Waals surface area (Å²) >= 11 is 8.42. The fourth-order valence-corrected chi connectivity index (χ4v) is 5.12. The molecular weight excluding hydrogens is 404 g/mol. The highest BCUT2D eigenvalue weighted by Crippen LogP contribution is 2.33. The minimum Gasteiger partial charge on any atom is -0.336 e. The molecule has 20 heavy (non-hydrogen) atoms. The molecule has 0 aromatic carbocycles. The Kier molecular flexibility index (Phi) is 4.85. The predicted octanol–water partition coefficient (Wildman–Crippen LogP) is 3.97. The summed E-state index contributed by atoms with van der Waals surface area (Å²) in [6, 6.07) is 2.50. The standard InChI is InChI=1S/C14H18Br2N2OS/c15-11-8-12(20-13(11)16)14(19)18-7-4-10(9-18)17-5-2-1-3-6-17/h8,10H,1-7,9H2. The summed E-state index contributed by atoms with van der Waals surface area (Å²) in [5.41, 5.74) is 0. The number of rotatable bonds is 2. The van der Waals surface area contributed by atoms with Crippen molar-refractivity contribution in [1.82, 2.24) is 9.80 Å². The molecule has 2 saturated heterocycles. The van der Waals surface area contributed by atoms with Crippen LogP contribution in [0, 0.1) is 0 Å². The summed E-state index contributed by atoms with van der Waals surface area (Å²) in [6.45, 7) is 4.21. The molecule has 3 heterocycles. The average molecular weight is 422 g/mol. The van der Waals surface area contributed by atoms with Gasteiger partial charge < -0.3 is 4.90 Å². The molecule has 1 amide bonds. The van der Waals surface area contributed by atoms with Crippen molar-refractivity contribution in [3.63, 3.8) is 0 Å². The van der Waals surface area contributed by atoms with Gasteiger partial charge in [-0.1, -0.05) is 6.42 Å². The molecular formula is C14H18Br2N2OS. The number of amides is 1. The SMILES string of the molecule is O=C(c1cc(Br)c(Br)s1)N1CCC(N2CCCCC2)C1. The van der Waals surface area contributed by atoms with Gasteiger partial charge in [-0.15, -0.1) is 11.3 Å². The maximum atomic E-state index is 12.5. The zero-order valence-corrected chi connectivity index (χ0v) is 15.3. The van der Waals surface area contributed by atoms with E-state index in [9.17, 15) is 4.79 Å². The van der Waals surface area contributed by atoms with Gasteiger partial charge >= 0.3 is 0 Å². The number of hydrogen-bond donors (Lipinski definition) is 0. The zero-order valence-electron chi connectivity index (χ0n) is 11.3. The maximum Gasteiger partial charge on any atom is 0.264 e. The zero-order chi connectivity index (χ0) is 14.1. The third-order valence-corrected chi connectivity index (χ3v) is 7.46. The molecule has 0 radical (unpaired) electrons. The molecule has 1 unspecified atom stereocenters. The molecule has 2 aliphatic rings. The topological polar surface area (TPSA) is 23.6 Å². The molecule has 110 valence electrons. The lowest BCUT2D eigenvalue weighted by molar-refractivity contribution is 0.0776. The lowest BCUT2D eigenvalue weighted by Crippen LogP contribution is -2.41. The van der Waals surface area contributed by atoms with Crippen molar-refractivity contribution in [2.24, 2.45) is 0 Å². The molecule has 0 spiro atoms. The molecule has 0 saturated carbocycles. The Hall–Kier alpha value is 0.0900. The van der Waals surface area contributed by atoms with E-state index in [2.05, 4.69) is 36.8 Å². The van der Waals surface area contributed by atoms with Crippen LogP contribution in [0.4, 0.5) is 0 Å². The van der Waals surface area contributed by atoms with Crippen LogP contribution >= 0.6 is 43.2 Å². The van der Waals surface area contributed by atoms with E-state index in [4.69, 9.17) is 0 Å². The molecule has 2 fully saturated rings. The summed E-state index contributed by atoms with van der Waals surface area (Å²) in [5, 5.41) is 0. The number of nitrogens with zero attached hydrogens (tertiary/aromatic N) is 2. The first-order valence-corrected chi connectivity index (χ1v) is 9.53. The predicted molar refractivity (Wildman–Crippen MR) is 89.5 cm³/mol. The minimum absolute atomic E-state index is 0.181. The van der Waals surface area contributed by atoms with Crippen LogP contribution in [0.5, 0.6) is 0 Å². The number of likely N-dealkylation sites (tertiary alicyclic amines) is 2. The van der Waals surface area contributed by atoms with Gasteiger partial charge in [0.1, 0.15) is 0 Å². The summed E-state index contributed by atoms with van der Waals surface area (Å²) in [5.74, 6) is 0.181. The molecule has 0 aliphatic carbocycles. The van der Waals surface area contributed by atoms with Crippen molar-refractivity contribution in [3.05, 3.63) is 19.2 Å². The monoisotopic (exact) mass is 420 g/mol. The first kappa shape index (κ1) is 15.0. The smallest absolute Gasteiger partial charge is 0.264 e. The average Bonchev–Trinajstić information content (AvgIpc) is 3.07. The lowest BCUT2D eigenvalue weighted by Gasteiger charge is -2.32. The second-order valence-corrected chi connectivity index (χ2v) is 8.75. The molecule has 0 N–H and O–H groups in total. The Morgan fingerprint density at radius 1 is 1.20 bits per heavy atom. The van der Waals surface area contributed by atoms with Gasteiger partial charge in [0.15, 0.2) is 0 Å². The normalized spacial score (nSPS) is 24.3. The molecule has 1 atom stereocenters. The van der Waals surface area contributed by atoms with Crippen LogP contribution in [0.1, 0.15) is 35.4 Å². The fraction of sp³-hybridized carbons (Fsp3) is 0.643. The number of halogens is 2. The van der Waals surface area contributed by atoms with Crippen LogP contribution in [0.25, 0.3) is 0 Å². The minimum atomic E-state index is 0.181. The fourth-order valence-electron chi connectivity index (χ4n) is 3.12. The van der Waals surface area contributed by atoms with Crippen LogP contribution in [-0.2, 0) is 0 Å². The Balaban J connectivity index is 1.63. The van der Waals surface area contributed by atoms with Crippen LogP contribution < -0.4 is 0 Å². The van der Waals surface area contributed by atoms with E-state index in [0.29, 0.717) is 6.04 Å². The van der Waals surface area contributed by atoms with E-state index in [1.807, 2.05) is 11.0 Å². The Morgan fingerprint density at radius 2 is 1.95 bits per heavy atom. The van der Waals surface area contributed by atoms with Crippen LogP contribution in [0.3, 0.4) is 0 Å². The lowest BCUT2D eigenvalue weighted by atomic mass is 10.1. The number of thiophene rings is 1.